The van der Waals surface area contributed by atoms with Gasteiger partial charge >= 0.3 is 5.97 Å². The lowest BCUT2D eigenvalue weighted by atomic mass is 10.3. The van der Waals surface area contributed by atoms with Gasteiger partial charge in [-0.2, -0.15) is 0 Å². The number of benzene rings is 1. The van der Waals surface area contributed by atoms with Crippen LogP contribution in [0.1, 0.15) is 17.3 Å². The van der Waals surface area contributed by atoms with Crippen LogP contribution in [-0.4, -0.2) is 22.0 Å². The minimum Gasteiger partial charge on any atom is -0.478 e. The summed E-state index contributed by atoms with van der Waals surface area (Å²) in [5.74, 6) is -1.12. The van der Waals surface area contributed by atoms with Gasteiger partial charge in [0.1, 0.15) is 0 Å². The van der Waals surface area contributed by atoms with Gasteiger partial charge in [-0.15, -0.1) is 0 Å². The molecule has 0 aliphatic heterocycles. The van der Waals surface area contributed by atoms with Crippen LogP contribution in [0.15, 0.2) is 52.5 Å². The fourth-order valence-electron chi connectivity index (χ4n) is 1.57. The second kappa shape index (κ2) is 6.21. The van der Waals surface area contributed by atoms with E-state index in [0.29, 0.717) is 10.6 Å². The van der Waals surface area contributed by atoms with Gasteiger partial charge in [-0.3, -0.25) is 9.78 Å². The van der Waals surface area contributed by atoms with Crippen LogP contribution in [0.2, 0.25) is 0 Å². The lowest BCUT2D eigenvalue weighted by molar-refractivity contribution is -0.114. The molecule has 0 atom stereocenters. The molecule has 0 radical (unpaired) electrons. The fourth-order valence-corrected chi connectivity index (χ4v) is 2.48. The molecule has 20 heavy (non-hydrogen) atoms. The standard InChI is InChI=1S/C14H12N2O3S/c1-9(17)16-10-2-4-11(5-3-10)20-13-8-15-7-6-12(13)14(18)19/h2-8H,1H3,(H,16,17)(H,18,19). The van der Waals surface area contributed by atoms with Gasteiger partial charge < -0.3 is 10.4 Å². The van der Waals surface area contributed by atoms with Gasteiger partial charge in [0.15, 0.2) is 0 Å². The van der Waals surface area contributed by atoms with E-state index in [1.165, 1.54) is 37.1 Å². The molecule has 2 N–H and O–H groups in total. The molecule has 2 aromatic rings. The van der Waals surface area contributed by atoms with Crippen molar-refractivity contribution in [2.75, 3.05) is 5.32 Å². The minimum absolute atomic E-state index is 0.133. The number of anilines is 1. The van der Waals surface area contributed by atoms with Crippen LogP contribution in [0.4, 0.5) is 5.69 Å². The van der Waals surface area contributed by atoms with Crippen molar-refractivity contribution < 1.29 is 14.7 Å². The van der Waals surface area contributed by atoms with Crippen LogP contribution >= 0.6 is 11.8 Å². The molecule has 0 fully saturated rings. The van der Waals surface area contributed by atoms with E-state index in [9.17, 15) is 9.59 Å². The van der Waals surface area contributed by atoms with Crippen LogP contribution in [0.3, 0.4) is 0 Å². The molecule has 2 rings (SSSR count). The maximum Gasteiger partial charge on any atom is 0.336 e. The van der Waals surface area contributed by atoms with Crippen LogP contribution in [0.5, 0.6) is 0 Å². The van der Waals surface area contributed by atoms with Gasteiger partial charge in [0.25, 0.3) is 0 Å². The summed E-state index contributed by atoms with van der Waals surface area (Å²) in [6, 6.07) is 8.63. The SMILES string of the molecule is CC(=O)Nc1ccc(Sc2cnccc2C(=O)O)cc1. The summed E-state index contributed by atoms with van der Waals surface area (Å²) < 4.78 is 0. The highest BCUT2D eigenvalue weighted by Crippen LogP contribution is 2.30. The number of carboxylic acid groups (broad SMARTS) is 1. The Balaban J connectivity index is 2.18. The number of aromatic carboxylic acids is 1. The highest BCUT2D eigenvalue weighted by atomic mass is 32.2. The number of rotatable bonds is 4. The van der Waals surface area contributed by atoms with Gasteiger partial charge in [0.2, 0.25) is 5.91 Å². The summed E-state index contributed by atoms with van der Waals surface area (Å²) in [5, 5.41) is 11.8. The number of nitrogens with zero attached hydrogens (tertiary/aromatic N) is 1. The Bertz CT molecular complexity index is 641. The second-order valence-electron chi connectivity index (χ2n) is 3.98. The van der Waals surface area contributed by atoms with Crippen molar-refractivity contribution in [3.05, 3.63) is 48.3 Å². The van der Waals surface area contributed by atoms with Crippen molar-refractivity contribution in [1.29, 1.82) is 0 Å². The molecular formula is C14H12N2O3S. The quantitative estimate of drug-likeness (QED) is 0.904. The molecule has 0 bridgehead atoms. The van der Waals surface area contributed by atoms with Gasteiger partial charge in [-0.05, 0) is 30.3 Å². The normalized spacial score (nSPS) is 10.1. The van der Waals surface area contributed by atoms with Crippen LogP contribution < -0.4 is 5.32 Å². The molecular weight excluding hydrogens is 276 g/mol. The van der Waals surface area contributed by atoms with E-state index < -0.39 is 5.97 Å². The molecule has 0 spiro atoms. The van der Waals surface area contributed by atoms with Crippen LogP contribution in [-0.2, 0) is 4.79 Å². The van der Waals surface area contributed by atoms with Gasteiger partial charge in [0, 0.05) is 34.8 Å². The molecule has 1 aromatic heterocycles. The Labute approximate surface area is 120 Å². The molecule has 102 valence electrons. The van der Waals surface area contributed by atoms with Crippen molar-refractivity contribution in [3.63, 3.8) is 0 Å². The molecule has 0 aliphatic carbocycles. The number of hydrogen-bond acceptors (Lipinski definition) is 4. The summed E-state index contributed by atoms with van der Waals surface area (Å²) in [7, 11) is 0. The summed E-state index contributed by atoms with van der Waals surface area (Å²) >= 11 is 1.31. The van der Waals surface area contributed by atoms with E-state index in [1.54, 1.807) is 12.1 Å². The third-order valence-electron chi connectivity index (χ3n) is 2.42. The minimum atomic E-state index is -0.982. The zero-order chi connectivity index (χ0) is 14.5. The molecule has 0 aliphatic rings. The van der Waals surface area contributed by atoms with E-state index in [2.05, 4.69) is 10.3 Å². The highest BCUT2D eigenvalue weighted by Gasteiger charge is 2.10. The average Bonchev–Trinajstić information content (AvgIpc) is 2.41. The van der Waals surface area contributed by atoms with Crippen molar-refractivity contribution in [2.24, 2.45) is 0 Å². The van der Waals surface area contributed by atoms with Gasteiger partial charge in [0.05, 0.1) is 5.56 Å². The number of nitrogens with one attached hydrogen (secondary N) is 1. The molecule has 5 nitrogen and oxygen atoms in total. The van der Waals surface area contributed by atoms with Crippen molar-refractivity contribution in [1.82, 2.24) is 4.98 Å². The third-order valence-corrected chi connectivity index (χ3v) is 3.47. The molecule has 0 unspecified atom stereocenters. The lowest BCUT2D eigenvalue weighted by Gasteiger charge is -2.06. The first-order valence-corrected chi connectivity index (χ1v) is 6.61. The van der Waals surface area contributed by atoms with Crippen LogP contribution in [0.25, 0.3) is 0 Å². The molecule has 0 saturated carbocycles. The summed E-state index contributed by atoms with van der Waals surface area (Å²) in [5.41, 5.74) is 0.919. The van der Waals surface area contributed by atoms with Gasteiger partial charge in [-0.1, -0.05) is 11.8 Å². The smallest absolute Gasteiger partial charge is 0.336 e. The van der Waals surface area contributed by atoms with E-state index in [1.807, 2.05) is 12.1 Å². The monoisotopic (exact) mass is 288 g/mol. The number of hydrogen-bond donors (Lipinski definition) is 2. The summed E-state index contributed by atoms with van der Waals surface area (Å²) in [6.07, 6.45) is 2.98. The number of carboxylic acids is 1. The van der Waals surface area contributed by atoms with Crippen molar-refractivity contribution >= 4 is 29.3 Å². The zero-order valence-corrected chi connectivity index (χ0v) is 11.5. The Hall–Kier alpha value is -2.34. The molecule has 6 heteroatoms. The maximum absolute atomic E-state index is 11.1. The molecule has 1 heterocycles. The zero-order valence-electron chi connectivity index (χ0n) is 10.7. The number of pyridine rings is 1. The van der Waals surface area contributed by atoms with E-state index >= 15 is 0 Å². The average molecular weight is 288 g/mol. The number of carbonyl (C=O) groups is 2. The highest BCUT2D eigenvalue weighted by molar-refractivity contribution is 7.99. The second-order valence-corrected chi connectivity index (χ2v) is 5.10. The first kappa shape index (κ1) is 14.1. The number of carbonyl (C=O) groups excluding carboxylic acids is 1. The topological polar surface area (TPSA) is 79.3 Å². The van der Waals surface area contributed by atoms with Crippen LogP contribution in [0, 0.1) is 0 Å². The maximum atomic E-state index is 11.1. The predicted octanol–water partition coefficient (Wildman–Crippen LogP) is 2.89. The van der Waals surface area contributed by atoms with E-state index in [-0.39, 0.29) is 11.5 Å². The number of amides is 1. The Morgan fingerprint density at radius 2 is 1.90 bits per heavy atom. The summed E-state index contributed by atoms with van der Waals surface area (Å²) in [4.78, 5) is 27.4. The van der Waals surface area contributed by atoms with Crippen molar-refractivity contribution in [3.8, 4) is 0 Å². The predicted molar refractivity (Wildman–Crippen MR) is 76.1 cm³/mol. The molecule has 1 aromatic carbocycles. The van der Waals surface area contributed by atoms with E-state index in [4.69, 9.17) is 5.11 Å². The Morgan fingerprint density at radius 1 is 1.20 bits per heavy atom. The fraction of sp³-hybridized carbons (Fsp3) is 0.0714. The first-order chi connectivity index (χ1) is 9.56. The van der Waals surface area contributed by atoms with E-state index in [0.717, 1.165) is 4.90 Å². The molecule has 0 saturated heterocycles. The molecule has 1 amide bonds. The first-order valence-electron chi connectivity index (χ1n) is 5.79. The van der Waals surface area contributed by atoms with Gasteiger partial charge in [-0.25, -0.2) is 4.79 Å². The Morgan fingerprint density at radius 3 is 2.50 bits per heavy atom. The summed E-state index contributed by atoms with van der Waals surface area (Å²) in [6.45, 7) is 1.44. The number of aromatic nitrogens is 1. The lowest BCUT2D eigenvalue weighted by Crippen LogP contribution is -2.05. The largest absolute Gasteiger partial charge is 0.478 e. The third kappa shape index (κ3) is 3.58. The van der Waals surface area contributed by atoms with Crippen molar-refractivity contribution in [2.45, 2.75) is 16.7 Å². The Kier molecular flexibility index (Phi) is 4.37.